The van der Waals surface area contributed by atoms with Gasteiger partial charge in [-0.3, -0.25) is 10.3 Å². The summed E-state index contributed by atoms with van der Waals surface area (Å²) in [5.74, 6) is 0.125. The molecule has 1 aliphatic heterocycles. The number of rotatable bonds is 4. The second kappa shape index (κ2) is 10.6. The number of carbonyl (C=O) groups excluding carboxylic acids is 1. The van der Waals surface area contributed by atoms with E-state index >= 15 is 0 Å². The Hall–Kier alpha value is -2.16. The van der Waals surface area contributed by atoms with Gasteiger partial charge in [-0.1, -0.05) is 13.8 Å². The number of benzene rings is 1. The average Bonchev–Trinajstić information content (AvgIpc) is 2.63. The Morgan fingerprint density at radius 1 is 1.14 bits per heavy atom. The summed E-state index contributed by atoms with van der Waals surface area (Å²) >= 11 is 0. The van der Waals surface area contributed by atoms with E-state index in [2.05, 4.69) is 10.3 Å². The molecule has 9 heteroatoms. The molecule has 1 fully saturated rings. The van der Waals surface area contributed by atoms with Crippen LogP contribution >= 0.6 is 0 Å². The van der Waals surface area contributed by atoms with Crippen LogP contribution < -0.4 is 10.2 Å². The average molecular weight is 420 g/mol. The number of nitrogens with zero attached hydrogens (tertiary/aromatic N) is 1. The molecule has 0 spiro atoms. The quantitative estimate of drug-likeness (QED) is 0.654. The molecule has 166 valence electrons. The first-order chi connectivity index (χ1) is 13.5. The number of nitrogens with one attached hydrogen (secondary N) is 1. The lowest BCUT2D eigenvalue weighted by atomic mass is 10.1. The Bertz CT molecular complexity index is 652. The summed E-state index contributed by atoms with van der Waals surface area (Å²) in [6, 6.07) is 3.66. The van der Waals surface area contributed by atoms with Crippen LogP contribution in [0.1, 0.15) is 53.0 Å². The van der Waals surface area contributed by atoms with Gasteiger partial charge < -0.3 is 14.4 Å². The van der Waals surface area contributed by atoms with Crippen LogP contribution in [0.3, 0.4) is 0 Å². The van der Waals surface area contributed by atoms with Crippen LogP contribution in [-0.4, -0.2) is 42.9 Å². The van der Waals surface area contributed by atoms with E-state index in [1.807, 2.05) is 13.8 Å². The van der Waals surface area contributed by atoms with E-state index in [0.29, 0.717) is 25.9 Å². The number of piperidine rings is 1. The summed E-state index contributed by atoms with van der Waals surface area (Å²) in [7, 11) is 1.24. The third-order valence-electron chi connectivity index (χ3n) is 3.90. The Balaban J connectivity index is 0.00000204. The normalized spacial score (nSPS) is 15.3. The number of ether oxygens (including phenoxy) is 2. The fourth-order valence-electron chi connectivity index (χ4n) is 2.71. The summed E-state index contributed by atoms with van der Waals surface area (Å²) in [5.41, 5.74) is 0.593. The molecular weight excluding hydrogens is 389 g/mol. The number of carbonyl (C=O) groups is 1. The number of halogens is 3. The van der Waals surface area contributed by atoms with E-state index in [9.17, 15) is 18.0 Å². The predicted molar refractivity (Wildman–Crippen MR) is 105 cm³/mol. The lowest BCUT2D eigenvalue weighted by molar-refractivity contribution is -0.137. The van der Waals surface area contributed by atoms with Gasteiger partial charge in [-0.05, 0) is 39.0 Å². The van der Waals surface area contributed by atoms with Crippen molar-refractivity contribution >= 4 is 11.8 Å². The fourth-order valence-corrected chi connectivity index (χ4v) is 2.71. The molecule has 0 unspecified atom stereocenters. The van der Waals surface area contributed by atoms with Crippen LogP contribution in [0.4, 0.5) is 23.7 Å². The molecule has 0 bridgehead atoms. The van der Waals surface area contributed by atoms with Gasteiger partial charge >= 0.3 is 12.3 Å². The van der Waals surface area contributed by atoms with Gasteiger partial charge in [0.1, 0.15) is 17.5 Å². The zero-order valence-electron chi connectivity index (χ0n) is 17.9. The van der Waals surface area contributed by atoms with E-state index in [1.165, 1.54) is 19.2 Å². The maximum atomic E-state index is 13.2. The van der Waals surface area contributed by atoms with Crippen molar-refractivity contribution in [3.63, 3.8) is 0 Å². The van der Waals surface area contributed by atoms with Gasteiger partial charge in [0.2, 0.25) is 0 Å². The highest BCUT2D eigenvalue weighted by molar-refractivity contribution is 5.68. The Labute approximate surface area is 170 Å². The minimum absolute atomic E-state index is 0.125. The Morgan fingerprint density at radius 3 is 2.21 bits per heavy atom. The minimum Gasteiger partial charge on any atom is -0.490 e. The van der Waals surface area contributed by atoms with Crippen LogP contribution in [0, 0.1) is 0 Å². The Kier molecular flexibility index (Phi) is 9.07. The molecule has 0 radical (unpaired) electrons. The standard InChI is InChI=1S/C18H25F3N2O4.C2H6/c1-17(2,3)27-16(24)23-9-7-12(8-10-23)26-13-5-6-15(22-25-4)14(11-13)18(19,20)21;1-2/h5-6,11-12,22H,7-10H2,1-4H3;1-2H3. The molecule has 0 aliphatic carbocycles. The van der Waals surface area contributed by atoms with Crippen molar-refractivity contribution in [3.05, 3.63) is 23.8 Å². The van der Waals surface area contributed by atoms with Crippen molar-refractivity contribution in [2.24, 2.45) is 0 Å². The maximum absolute atomic E-state index is 13.2. The number of alkyl halides is 3. The van der Waals surface area contributed by atoms with Crippen LogP contribution in [0.25, 0.3) is 0 Å². The van der Waals surface area contributed by atoms with Crippen LogP contribution in [-0.2, 0) is 15.8 Å². The molecule has 1 heterocycles. The van der Waals surface area contributed by atoms with Crippen molar-refractivity contribution in [2.45, 2.75) is 65.3 Å². The molecule has 1 aromatic rings. The number of hydrogen-bond acceptors (Lipinski definition) is 5. The van der Waals surface area contributed by atoms with E-state index < -0.39 is 23.4 Å². The van der Waals surface area contributed by atoms with E-state index in [-0.39, 0.29) is 17.5 Å². The smallest absolute Gasteiger partial charge is 0.418 e. The van der Waals surface area contributed by atoms with Gasteiger partial charge in [-0.2, -0.15) is 13.2 Å². The van der Waals surface area contributed by atoms with Gasteiger partial charge in [0, 0.05) is 25.9 Å². The lowest BCUT2D eigenvalue weighted by Crippen LogP contribution is -2.44. The molecule has 1 N–H and O–H groups in total. The highest BCUT2D eigenvalue weighted by Gasteiger charge is 2.35. The molecule has 1 aromatic carbocycles. The number of anilines is 1. The van der Waals surface area contributed by atoms with Gasteiger partial charge in [0.25, 0.3) is 0 Å². The molecule has 1 aliphatic rings. The largest absolute Gasteiger partial charge is 0.490 e. The van der Waals surface area contributed by atoms with Crippen molar-refractivity contribution < 1.29 is 32.3 Å². The van der Waals surface area contributed by atoms with Crippen molar-refractivity contribution in [3.8, 4) is 5.75 Å². The number of amides is 1. The first-order valence-corrected chi connectivity index (χ1v) is 9.64. The highest BCUT2D eigenvalue weighted by atomic mass is 19.4. The van der Waals surface area contributed by atoms with Gasteiger partial charge in [0.15, 0.2) is 0 Å². The summed E-state index contributed by atoms with van der Waals surface area (Å²) in [6.07, 6.45) is -4.18. The van der Waals surface area contributed by atoms with Gasteiger partial charge in [-0.15, -0.1) is 0 Å². The monoisotopic (exact) mass is 420 g/mol. The molecule has 6 nitrogen and oxygen atoms in total. The van der Waals surface area contributed by atoms with Crippen LogP contribution in [0.2, 0.25) is 0 Å². The minimum atomic E-state index is -4.54. The molecular formula is C20H31F3N2O4. The number of hydrogen-bond donors (Lipinski definition) is 1. The second-order valence-electron chi connectivity index (χ2n) is 7.30. The van der Waals surface area contributed by atoms with Gasteiger partial charge in [-0.25, -0.2) is 4.79 Å². The van der Waals surface area contributed by atoms with E-state index in [0.717, 1.165) is 6.07 Å². The molecule has 0 aromatic heterocycles. The first kappa shape index (κ1) is 24.9. The zero-order valence-corrected chi connectivity index (χ0v) is 17.9. The predicted octanol–water partition coefficient (Wildman–Crippen LogP) is 5.48. The van der Waals surface area contributed by atoms with Crippen molar-refractivity contribution in [1.82, 2.24) is 4.90 Å². The van der Waals surface area contributed by atoms with E-state index in [4.69, 9.17) is 9.47 Å². The maximum Gasteiger partial charge on any atom is 0.418 e. The van der Waals surface area contributed by atoms with Crippen LogP contribution in [0.15, 0.2) is 18.2 Å². The summed E-state index contributed by atoms with van der Waals surface area (Å²) in [6.45, 7) is 10.2. The molecule has 29 heavy (non-hydrogen) atoms. The number of likely N-dealkylation sites (tertiary alicyclic amines) is 1. The SMILES string of the molecule is CC.CONc1ccc(OC2CCN(C(=O)OC(C)(C)C)CC2)cc1C(F)(F)F. The van der Waals surface area contributed by atoms with Crippen LogP contribution in [0.5, 0.6) is 5.75 Å². The van der Waals surface area contributed by atoms with Gasteiger partial charge in [0.05, 0.1) is 18.4 Å². The molecule has 1 saturated heterocycles. The molecule has 0 atom stereocenters. The third kappa shape index (κ3) is 8.00. The molecule has 1 amide bonds. The molecule has 2 rings (SSSR count). The lowest BCUT2D eigenvalue weighted by Gasteiger charge is -2.33. The van der Waals surface area contributed by atoms with Crippen molar-refractivity contribution in [2.75, 3.05) is 25.7 Å². The Morgan fingerprint density at radius 2 is 1.72 bits per heavy atom. The van der Waals surface area contributed by atoms with E-state index in [1.54, 1.807) is 25.7 Å². The second-order valence-corrected chi connectivity index (χ2v) is 7.30. The topological polar surface area (TPSA) is 60.0 Å². The third-order valence-corrected chi connectivity index (χ3v) is 3.90. The first-order valence-electron chi connectivity index (χ1n) is 9.64. The summed E-state index contributed by atoms with van der Waals surface area (Å²) in [5, 5.41) is 0. The summed E-state index contributed by atoms with van der Waals surface area (Å²) in [4.78, 5) is 18.2. The fraction of sp³-hybridized carbons (Fsp3) is 0.650. The molecule has 0 saturated carbocycles. The summed E-state index contributed by atoms with van der Waals surface area (Å²) < 4.78 is 50.6. The zero-order chi connectivity index (χ0) is 22.2. The highest BCUT2D eigenvalue weighted by Crippen LogP contribution is 2.37. The van der Waals surface area contributed by atoms with Crippen molar-refractivity contribution in [1.29, 1.82) is 0 Å².